The van der Waals surface area contributed by atoms with Gasteiger partial charge in [0.25, 0.3) is 5.91 Å². The van der Waals surface area contributed by atoms with Gasteiger partial charge in [0, 0.05) is 10.7 Å². The van der Waals surface area contributed by atoms with Crippen LogP contribution >= 0.6 is 11.6 Å². The highest BCUT2D eigenvalue weighted by Crippen LogP contribution is 2.22. The van der Waals surface area contributed by atoms with Gasteiger partial charge in [-0.25, -0.2) is 0 Å². The van der Waals surface area contributed by atoms with E-state index in [2.05, 4.69) is 5.32 Å². The first kappa shape index (κ1) is 16.9. The highest BCUT2D eigenvalue weighted by atomic mass is 35.5. The summed E-state index contributed by atoms with van der Waals surface area (Å²) in [5, 5.41) is 3.39. The molecule has 0 fully saturated rings. The van der Waals surface area contributed by atoms with E-state index < -0.39 is 0 Å². The van der Waals surface area contributed by atoms with Crippen LogP contribution in [-0.4, -0.2) is 12.5 Å². The third kappa shape index (κ3) is 5.26. The second kappa shape index (κ2) is 8.22. The van der Waals surface area contributed by atoms with Gasteiger partial charge in [-0.15, -0.1) is 0 Å². The number of hydrogen-bond donors (Lipinski definition) is 1. The fourth-order valence-electron chi connectivity index (χ4n) is 2.11. The summed E-state index contributed by atoms with van der Waals surface area (Å²) in [7, 11) is 0. The molecule has 0 heterocycles. The Morgan fingerprint density at radius 1 is 0.800 bits per heavy atom. The fraction of sp³-hybridized carbons (Fsp3) is 0.0500. The second-order valence-corrected chi connectivity index (χ2v) is 5.67. The number of para-hydroxylation sites is 1. The maximum atomic E-state index is 11.9. The van der Waals surface area contributed by atoms with Gasteiger partial charge in [-0.3, -0.25) is 4.79 Å². The number of rotatable bonds is 6. The van der Waals surface area contributed by atoms with Gasteiger partial charge in [-0.2, -0.15) is 0 Å². The SMILES string of the molecule is O=C(COc1ccc(Cl)cc1)Nc1ccc(Oc2ccccc2)cc1. The number of halogens is 1. The number of anilines is 1. The molecule has 3 aromatic rings. The maximum Gasteiger partial charge on any atom is 0.262 e. The van der Waals surface area contributed by atoms with Crippen molar-refractivity contribution in [3.05, 3.63) is 83.9 Å². The zero-order valence-corrected chi connectivity index (χ0v) is 14.1. The monoisotopic (exact) mass is 353 g/mol. The molecule has 3 rings (SSSR count). The third-order valence-electron chi connectivity index (χ3n) is 3.30. The highest BCUT2D eigenvalue weighted by molar-refractivity contribution is 6.30. The molecule has 1 N–H and O–H groups in total. The van der Waals surface area contributed by atoms with Crippen molar-refractivity contribution in [1.29, 1.82) is 0 Å². The van der Waals surface area contributed by atoms with E-state index in [1.807, 2.05) is 30.3 Å². The van der Waals surface area contributed by atoms with Crippen molar-refractivity contribution >= 4 is 23.2 Å². The zero-order chi connectivity index (χ0) is 17.5. The Balaban J connectivity index is 1.50. The predicted molar refractivity (Wildman–Crippen MR) is 98.5 cm³/mol. The van der Waals surface area contributed by atoms with Crippen LogP contribution in [0.3, 0.4) is 0 Å². The minimum atomic E-state index is -0.244. The van der Waals surface area contributed by atoms with Gasteiger partial charge < -0.3 is 14.8 Å². The Morgan fingerprint density at radius 3 is 2.08 bits per heavy atom. The highest BCUT2D eigenvalue weighted by Gasteiger charge is 2.04. The molecule has 0 aromatic heterocycles. The summed E-state index contributed by atoms with van der Waals surface area (Å²) in [6.45, 7) is -0.0795. The average Bonchev–Trinajstić information content (AvgIpc) is 2.64. The van der Waals surface area contributed by atoms with Gasteiger partial charge in [0.15, 0.2) is 6.61 Å². The van der Waals surface area contributed by atoms with Crippen molar-refractivity contribution < 1.29 is 14.3 Å². The molecule has 3 aromatic carbocycles. The van der Waals surface area contributed by atoms with Crippen molar-refractivity contribution in [1.82, 2.24) is 0 Å². The van der Waals surface area contributed by atoms with Crippen LogP contribution in [0.2, 0.25) is 5.02 Å². The topological polar surface area (TPSA) is 47.6 Å². The zero-order valence-electron chi connectivity index (χ0n) is 13.3. The molecule has 0 saturated carbocycles. The lowest BCUT2D eigenvalue weighted by Crippen LogP contribution is -2.20. The molecule has 4 nitrogen and oxygen atoms in total. The van der Waals surface area contributed by atoms with E-state index in [9.17, 15) is 4.79 Å². The third-order valence-corrected chi connectivity index (χ3v) is 3.55. The quantitative estimate of drug-likeness (QED) is 0.666. The van der Waals surface area contributed by atoms with Crippen molar-refractivity contribution in [3.63, 3.8) is 0 Å². The van der Waals surface area contributed by atoms with Crippen molar-refractivity contribution in [2.75, 3.05) is 11.9 Å². The van der Waals surface area contributed by atoms with Gasteiger partial charge in [-0.05, 0) is 60.7 Å². The van der Waals surface area contributed by atoms with Crippen LogP contribution in [-0.2, 0) is 4.79 Å². The van der Waals surface area contributed by atoms with E-state index in [-0.39, 0.29) is 12.5 Å². The lowest BCUT2D eigenvalue weighted by atomic mass is 10.3. The van der Waals surface area contributed by atoms with Crippen molar-refractivity contribution in [2.24, 2.45) is 0 Å². The van der Waals surface area contributed by atoms with E-state index >= 15 is 0 Å². The smallest absolute Gasteiger partial charge is 0.262 e. The number of ether oxygens (including phenoxy) is 2. The molecular weight excluding hydrogens is 338 g/mol. The second-order valence-electron chi connectivity index (χ2n) is 5.23. The molecule has 126 valence electrons. The van der Waals surface area contributed by atoms with Crippen LogP contribution in [0, 0.1) is 0 Å². The number of benzene rings is 3. The number of carbonyl (C=O) groups excluding carboxylic acids is 1. The minimum Gasteiger partial charge on any atom is -0.484 e. The summed E-state index contributed by atoms with van der Waals surface area (Å²) in [5.41, 5.74) is 0.671. The van der Waals surface area contributed by atoms with E-state index in [1.165, 1.54) is 0 Å². The largest absolute Gasteiger partial charge is 0.484 e. The summed E-state index contributed by atoms with van der Waals surface area (Å²) >= 11 is 5.80. The maximum absolute atomic E-state index is 11.9. The minimum absolute atomic E-state index is 0.0795. The molecule has 0 aliphatic rings. The summed E-state index contributed by atoms with van der Waals surface area (Å²) < 4.78 is 11.1. The Morgan fingerprint density at radius 2 is 1.40 bits per heavy atom. The number of nitrogens with one attached hydrogen (secondary N) is 1. The van der Waals surface area contributed by atoms with Gasteiger partial charge in [0.2, 0.25) is 0 Å². The van der Waals surface area contributed by atoms with Crippen molar-refractivity contribution in [2.45, 2.75) is 0 Å². The van der Waals surface area contributed by atoms with Crippen LogP contribution in [0.4, 0.5) is 5.69 Å². The number of carbonyl (C=O) groups is 1. The van der Waals surface area contributed by atoms with Crippen LogP contribution in [0.25, 0.3) is 0 Å². The van der Waals surface area contributed by atoms with Crippen LogP contribution in [0.15, 0.2) is 78.9 Å². The van der Waals surface area contributed by atoms with Crippen molar-refractivity contribution in [3.8, 4) is 17.2 Å². The van der Waals surface area contributed by atoms with Crippen LogP contribution < -0.4 is 14.8 Å². The molecular formula is C20H16ClNO3. The number of amides is 1. The van der Waals surface area contributed by atoms with Crippen LogP contribution in [0.1, 0.15) is 0 Å². The molecule has 0 radical (unpaired) electrons. The molecule has 1 amide bonds. The molecule has 0 atom stereocenters. The summed E-state index contributed by atoms with van der Waals surface area (Å²) in [6.07, 6.45) is 0. The Bertz CT molecular complexity index is 818. The van der Waals surface area contributed by atoms with E-state index in [0.29, 0.717) is 22.2 Å². The average molecular weight is 354 g/mol. The predicted octanol–water partition coefficient (Wildman–Crippen LogP) is 5.15. The van der Waals surface area contributed by atoms with Crippen LogP contribution in [0.5, 0.6) is 17.2 Å². The fourth-order valence-corrected chi connectivity index (χ4v) is 2.23. The normalized spacial score (nSPS) is 10.1. The molecule has 0 aliphatic heterocycles. The summed E-state index contributed by atoms with van der Waals surface area (Å²) in [5.74, 6) is 1.80. The number of hydrogen-bond acceptors (Lipinski definition) is 3. The standard InChI is InChI=1S/C20H16ClNO3/c21-15-6-10-17(11-7-15)24-14-20(23)22-16-8-12-19(13-9-16)25-18-4-2-1-3-5-18/h1-13H,14H2,(H,22,23). The van der Waals surface area contributed by atoms with E-state index in [1.54, 1.807) is 48.5 Å². The first-order chi connectivity index (χ1) is 12.2. The molecule has 0 bridgehead atoms. The molecule has 25 heavy (non-hydrogen) atoms. The Kier molecular flexibility index (Phi) is 5.54. The molecule has 0 saturated heterocycles. The molecule has 0 unspecified atom stereocenters. The molecule has 0 aliphatic carbocycles. The summed E-state index contributed by atoms with van der Waals surface area (Å²) in [4.78, 5) is 11.9. The molecule has 5 heteroatoms. The van der Waals surface area contributed by atoms with Gasteiger partial charge >= 0.3 is 0 Å². The first-order valence-corrected chi connectivity index (χ1v) is 8.08. The van der Waals surface area contributed by atoms with E-state index in [4.69, 9.17) is 21.1 Å². The first-order valence-electron chi connectivity index (χ1n) is 7.70. The van der Waals surface area contributed by atoms with Gasteiger partial charge in [-0.1, -0.05) is 29.8 Å². The lowest BCUT2D eigenvalue weighted by molar-refractivity contribution is -0.118. The van der Waals surface area contributed by atoms with Gasteiger partial charge in [0.05, 0.1) is 0 Å². The van der Waals surface area contributed by atoms with Gasteiger partial charge in [0.1, 0.15) is 17.2 Å². The summed E-state index contributed by atoms with van der Waals surface area (Å²) in [6, 6.07) is 23.5. The van der Waals surface area contributed by atoms with E-state index in [0.717, 1.165) is 5.75 Å². The Labute approximate surface area is 151 Å². The Hall–Kier alpha value is -2.98. The lowest BCUT2D eigenvalue weighted by Gasteiger charge is -2.09. The molecule has 0 spiro atoms.